The van der Waals surface area contributed by atoms with Crippen LogP contribution in [0.1, 0.15) is 51.4 Å². The normalized spacial score (nSPS) is 45.3. The van der Waals surface area contributed by atoms with Crippen LogP contribution in [-0.4, -0.2) is 97.1 Å². The van der Waals surface area contributed by atoms with Crippen LogP contribution in [0.2, 0.25) is 0 Å². The lowest BCUT2D eigenvalue weighted by atomic mass is 9.73. The number of carbonyl (C=O) groups is 1. The summed E-state index contributed by atoms with van der Waals surface area (Å²) in [7, 11) is 3.68. The molecule has 5 aliphatic rings. The predicted octanol–water partition coefficient (Wildman–Crippen LogP) is 1.65. The SMILES string of the molecule is COC1CCC2NC3SC(C(=O)N4CCN(C5CCCCC5OC)CC4)C(N)C3CC2C1. The second-order valence-electron chi connectivity index (χ2n) is 10.6. The molecule has 8 heteroatoms. The van der Waals surface area contributed by atoms with Crippen molar-refractivity contribution in [1.29, 1.82) is 0 Å². The van der Waals surface area contributed by atoms with Crippen LogP contribution in [0, 0.1) is 11.8 Å². The zero-order chi connectivity index (χ0) is 22.2. The summed E-state index contributed by atoms with van der Waals surface area (Å²) >= 11 is 1.81. The van der Waals surface area contributed by atoms with E-state index in [1.165, 1.54) is 25.7 Å². The second-order valence-corrected chi connectivity index (χ2v) is 11.9. The number of fused-ring (bicyclic) bond motifs is 2. The van der Waals surface area contributed by atoms with E-state index in [-0.39, 0.29) is 17.2 Å². The molecule has 0 aromatic heterocycles. The number of hydrogen-bond donors (Lipinski definition) is 2. The third-order valence-corrected chi connectivity index (χ3v) is 10.6. The van der Waals surface area contributed by atoms with Crippen LogP contribution in [0.4, 0.5) is 0 Å². The third-order valence-electron chi connectivity index (χ3n) is 9.06. The van der Waals surface area contributed by atoms with Gasteiger partial charge in [0.05, 0.1) is 17.6 Å². The van der Waals surface area contributed by atoms with E-state index in [0.29, 0.717) is 41.5 Å². The highest BCUT2D eigenvalue weighted by atomic mass is 32.2. The summed E-state index contributed by atoms with van der Waals surface area (Å²) in [6, 6.07) is 1.02. The van der Waals surface area contributed by atoms with E-state index in [1.54, 1.807) is 0 Å². The number of hydrogen-bond acceptors (Lipinski definition) is 7. The van der Waals surface area contributed by atoms with Gasteiger partial charge in [-0.2, -0.15) is 0 Å². The summed E-state index contributed by atoms with van der Waals surface area (Å²) < 4.78 is 11.4. The first-order valence-corrected chi connectivity index (χ1v) is 13.8. The number of ether oxygens (including phenoxy) is 2. The molecule has 3 heterocycles. The molecule has 3 aliphatic heterocycles. The smallest absolute Gasteiger partial charge is 0.237 e. The quantitative estimate of drug-likeness (QED) is 0.652. The fourth-order valence-electron chi connectivity index (χ4n) is 7.14. The number of thioether (sulfide) groups is 1. The van der Waals surface area contributed by atoms with Crippen molar-refractivity contribution in [2.75, 3.05) is 40.4 Å². The van der Waals surface area contributed by atoms with Gasteiger partial charge in [0.15, 0.2) is 0 Å². The molecule has 182 valence electrons. The van der Waals surface area contributed by atoms with Gasteiger partial charge in [-0.3, -0.25) is 9.69 Å². The third kappa shape index (κ3) is 4.48. The predicted molar refractivity (Wildman–Crippen MR) is 128 cm³/mol. The Balaban J connectivity index is 1.16. The average molecular weight is 467 g/mol. The van der Waals surface area contributed by atoms with Crippen LogP contribution in [-0.2, 0) is 14.3 Å². The van der Waals surface area contributed by atoms with E-state index in [1.807, 2.05) is 26.0 Å². The number of carbonyl (C=O) groups excluding carboxylic acids is 1. The van der Waals surface area contributed by atoms with E-state index >= 15 is 0 Å². The molecule has 2 saturated carbocycles. The zero-order valence-corrected chi connectivity index (χ0v) is 20.6. The van der Waals surface area contributed by atoms with Crippen LogP contribution in [0.15, 0.2) is 0 Å². The Kier molecular flexibility index (Phi) is 7.36. The van der Waals surface area contributed by atoms with Gasteiger partial charge in [-0.1, -0.05) is 12.8 Å². The minimum absolute atomic E-state index is 0.0527. The minimum Gasteiger partial charge on any atom is -0.381 e. The number of rotatable bonds is 4. The van der Waals surface area contributed by atoms with Gasteiger partial charge < -0.3 is 25.4 Å². The van der Waals surface area contributed by atoms with E-state index in [9.17, 15) is 4.79 Å². The maximum Gasteiger partial charge on any atom is 0.237 e. The number of nitrogens with one attached hydrogen (secondary N) is 1. The van der Waals surface area contributed by atoms with Crippen molar-refractivity contribution in [3.63, 3.8) is 0 Å². The average Bonchev–Trinajstić information content (AvgIpc) is 3.17. The van der Waals surface area contributed by atoms with E-state index < -0.39 is 0 Å². The summed E-state index contributed by atoms with van der Waals surface area (Å²) in [4.78, 5) is 18.2. The molecule has 0 aromatic rings. The number of nitrogens with two attached hydrogens (primary N) is 1. The lowest BCUT2D eigenvalue weighted by Gasteiger charge is -2.44. The highest BCUT2D eigenvalue weighted by Gasteiger charge is 2.52. The number of nitrogens with zero attached hydrogens (tertiary/aromatic N) is 2. The summed E-state index contributed by atoms with van der Waals surface area (Å²) in [5, 5.41) is 4.09. The summed E-state index contributed by atoms with van der Waals surface area (Å²) in [6.45, 7) is 3.55. The molecule has 0 aromatic carbocycles. The van der Waals surface area contributed by atoms with Gasteiger partial charge in [0.1, 0.15) is 5.25 Å². The Morgan fingerprint density at radius 1 is 1.00 bits per heavy atom. The van der Waals surface area contributed by atoms with Crippen LogP contribution < -0.4 is 11.1 Å². The molecular weight excluding hydrogens is 424 g/mol. The van der Waals surface area contributed by atoms with Crippen LogP contribution in [0.25, 0.3) is 0 Å². The van der Waals surface area contributed by atoms with Gasteiger partial charge in [-0.25, -0.2) is 0 Å². The molecule has 0 radical (unpaired) electrons. The number of piperazine rings is 1. The molecule has 5 rings (SSSR count). The number of methoxy groups -OCH3 is 2. The monoisotopic (exact) mass is 466 g/mol. The molecular formula is C24H42N4O3S. The summed E-state index contributed by atoms with van der Waals surface area (Å²) in [5.74, 6) is 1.28. The maximum absolute atomic E-state index is 13.5. The highest BCUT2D eigenvalue weighted by molar-refractivity contribution is 8.01. The Bertz CT molecular complexity index is 661. The fourth-order valence-corrected chi connectivity index (χ4v) is 8.85. The van der Waals surface area contributed by atoms with Crippen LogP contribution in [0.3, 0.4) is 0 Å². The van der Waals surface area contributed by atoms with Crippen LogP contribution >= 0.6 is 11.8 Å². The second kappa shape index (κ2) is 10.1. The Hall–Kier alpha value is -0.380. The van der Waals surface area contributed by atoms with Crippen molar-refractivity contribution in [2.45, 2.75) is 92.3 Å². The summed E-state index contributed by atoms with van der Waals surface area (Å²) in [6.07, 6.45) is 10.2. The molecule has 2 aliphatic carbocycles. The molecule has 9 unspecified atom stereocenters. The maximum atomic E-state index is 13.5. The Morgan fingerprint density at radius 2 is 1.78 bits per heavy atom. The Labute approximate surface area is 197 Å². The van der Waals surface area contributed by atoms with Crippen molar-refractivity contribution < 1.29 is 14.3 Å². The first-order valence-electron chi connectivity index (χ1n) is 12.8. The molecule has 9 atom stereocenters. The standard InChI is InChI=1S/C24H42N4O3S/c1-30-16-7-8-18-15(13-16)14-17-21(25)22(32-23(17)26-18)24(29)28-11-9-27(10-12-28)19-5-3-4-6-20(19)31-2/h15-23,26H,3-14,25H2,1-2H3. The number of piperidine rings is 1. The van der Waals surface area contributed by atoms with Crippen molar-refractivity contribution in [1.82, 2.24) is 15.1 Å². The van der Waals surface area contributed by atoms with Gasteiger partial charge in [0.2, 0.25) is 5.91 Å². The fraction of sp³-hybridized carbons (Fsp3) is 0.958. The van der Waals surface area contributed by atoms with E-state index in [2.05, 4.69) is 15.1 Å². The molecule has 1 amide bonds. The molecule has 5 fully saturated rings. The lowest BCUT2D eigenvalue weighted by Crippen LogP contribution is -2.58. The minimum atomic E-state index is -0.108. The molecule has 3 saturated heterocycles. The van der Waals surface area contributed by atoms with Gasteiger partial charge in [-0.05, 0) is 44.4 Å². The molecule has 0 bridgehead atoms. The molecule has 7 nitrogen and oxygen atoms in total. The van der Waals surface area contributed by atoms with Gasteiger partial charge in [0.25, 0.3) is 0 Å². The number of amides is 1. The molecule has 3 N–H and O–H groups in total. The summed E-state index contributed by atoms with van der Waals surface area (Å²) in [5.41, 5.74) is 6.74. The van der Waals surface area contributed by atoms with Crippen LogP contribution in [0.5, 0.6) is 0 Å². The van der Waals surface area contributed by atoms with Crippen molar-refractivity contribution in [3.05, 3.63) is 0 Å². The Morgan fingerprint density at radius 3 is 2.53 bits per heavy atom. The van der Waals surface area contributed by atoms with Gasteiger partial charge in [-0.15, -0.1) is 11.8 Å². The molecule has 0 spiro atoms. The zero-order valence-electron chi connectivity index (χ0n) is 19.8. The first-order chi connectivity index (χ1) is 15.6. The van der Waals surface area contributed by atoms with Gasteiger partial charge in [0, 0.05) is 64.4 Å². The van der Waals surface area contributed by atoms with Crippen molar-refractivity contribution >= 4 is 17.7 Å². The van der Waals surface area contributed by atoms with Gasteiger partial charge >= 0.3 is 0 Å². The highest BCUT2D eigenvalue weighted by Crippen LogP contribution is 2.47. The molecule has 32 heavy (non-hydrogen) atoms. The topological polar surface area (TPSA) is 80.1 Å². The van der Waals surface area contributed by atoms with E-state index in [4.69, 9.17) is 15.2 Å². The largest absolute Gasteiger partial charge is 0.381 e. The van der Waals surface area contributed by atoms with Crippen molar-refractivity contribution in [3.8, 4) is 0 Å². The first kappa shape index (κ1) is 23.4. The van der Waals surface area contributed by atoms with E-state index in [0.717, 1.165) is 51.9 Å². The lowest BCUT2D eigenvalue weighted by molar-refractivity contribution is -0.133. The van der Waals surface area contributed by atoms with Crippen molar-refractivity contribution in [2.24, 2.45) is 17.6 Å².